The van der Waals surface area contributed by atoms with E-state index in [1.165, 1.54) is 12.8 Å². The van der Waals surface area contributed by atoms with Crippen LogP contribution in [0.25, 0.3) is 11.3 Å². The predicted molar refractivity (Wildman–Crippen MR) is 162 cm³/mol. The number of ether oxygens (including phenoxy) is 1. The smallest absolute Gasteiger partial charge is 0.280 e. The first-order valence-electron chi connectivity index (χ1n) is 15.1. The minimum absolute atomic E-state index is 0.289. The molecule has 1 amide bonds. The minimum atomic E-state index is -0.323. The molecule has 0 spiro atoms. The van der Waals surface area contributed by atoms with Crippen LogP contribution in [0.5, 0.6) is 5.88 Å². The van der Waals surface area contributed by atoms with Gasteiger partial charge in [-0.05, 0) is 87.6 Å². The van der Waals surface area contributed by atoms with Gasteiger partial charge in [-0.3, -0.25) is 14.6 Å². The van der Waals surface area contributed by atoms with Gasteiger partial charge in [0.1, 0.15) is 5.78 Å². The summed E-state index contributed by atoms with van der Waals surface area (Å²) in [6.07, 6.45) is 9.16. The third-order valence-corrected chi connectivity index (χ3v) is 8.94. The van der Waals surface area contributed by atoms with Crippen molar-refractivity contribution in [2.75, 3.05) is 28.7 Å². The number of ketones is 1. The number of aliphatic imine (C=N–C) groups is 1. The number of aromatic nitrogens is 3. The van der Waals surface area contributed by atoms with E-state index in [0.717, 1.165) is 60.5 Å². The molecular weight excluding hydrogens is 530 g/mol. The molecule has 3 aromatic rings. The SMILES string of the molecule is Cc1cc2cc(n1)-c1cnn(C)c1OCCC[C@@H](C1CC1)CN1/C(=N/C2=O)Nc2cc(NC3CCC(=O)CC3)ccc21. The van der Waals surface area contributed by atoms with Gasteiger partial charge in [0.25, 0.3) is 5.91 Å². The fraction of sp³-hybridized carbons (Fsp3) is 0.469. The molecule has 1 aromatic carbocycles. The Morgan fingerprint density at radius 1 is 1.02 bits per heavy atom. The molecule has 10 heteroatoms. The van der Waals surface area contributed by atoms with E-state index >= 15 is 0 Å². The molecule has 4 heterocycles. The Morgan fingerprint density at radius 3 is 2.67 bits per heavy atom. The summed E-state index contributed by atoms with van der Waals surface area (Å²) in [5.41, 5.74) is 5.59. The first kappa shape index (κ1) is 26.7. The lowest BCUT2D eigenvalue weighted by Crippen LogP contribution is -2.36. The molecule has 2 bridgehead atoms. The quantitative estimate of drug-likeness (QED) is 0.436. The van der Waals surface area contributed by atoms with E-state index in [4.69, 9.17) is 9.72 Å². The Labute approximate surface area is 245 Å². The Kier molecular flexibility index (Phi) is 6.91. The van der Waals surface area contributed by atoms with Crippen molar-refractivity contribution < 1.29 is 14.3 Å². The van der Waals surface area contributed by atoms with E-state index in [-0.39, 0.29) is 11.9 Å². The maximum absolute atomic E-state index is 13.7. The van der Waals surface area contributed by atoms with Gasteiger partial charge in [0.2, 0.25) is 11.8 Å². The Bertz CT molecular complexity index is 1560. The molecule has 2 N–H and O–H groups in total. The standard InChI is InChI=1S/C32H37N7O3/c1-19-14-22-15-27(34-19)26-17-33-38(2)31(26)42-13-3-4-21(20-5-6-20)18-39-29-12-9-24(35-23-7-10-25(40)11-8-23)16-28(29)36-32(39)37-30(22)41/h9,12,14-17,20-21,23,35H,3-8,10-11,13,18H2,1-2H3,(H,36,37,41)/t21-/m1/s1. The molecule has 2 aliphatic carbocycles. The summed E-state index contributed by atoms with van der Waals surface area (Å²) in [5.74, 6) is 2.38. The number of Topliss-reactive ketones (excluding diaryl/α,β-unsaturated/α-hetero) is 1. The van der Waals surface area contributed by atoms with Crippen LogP contribution in [0.15, 0.2) is 41.5 Å². The van der Waals surface area contributed by atoms with Crippen molar-refractivity contribution in [1.82, 2.24) is 14.8 Å². The molecule has 1 atom stereocenters. The summed E-state index contributed by atoms with van der Waals surface area (Å²) in [7, 11) is 1.86. The summed E-state index contributed by atoms with van der Waals surface area (Å²) in [5, 5.41) is 11.5. The van der Waals surface area contributed by atoms with E-state index in [0.29, 0.717) is 60.2 Å². The van der Waals surface area contributed by atoms with Crippen molar-refractivity contribution >= 4 is 34.7 Å². The number of pyridine rings is 1. The summed E-state index contributed by atoms with van der Waals surface area (Å²) >= 11 is 0. The Balaban J connectivity index is 1.24. The topological polar surface area (TPSA) is 114 Å². The fourth-order valence-electron chi connectivity index (χ4n) is 6.51. The van der Waals surface area contributed by atoms with Crippen LogP contribution in [0.1, 0.15) is 67.4 Å². The molecule has 0 unspecified atom stereocenters. The van der Waals surface area contributed by atoms with Gasteiger partial charge in [-0.2, -0.15) is 10.1 Å². The van der Waals surface area contributed by atoms with Gasteiger partial charge in [0.05, 0.1) is 35.4 Å². The number of guanidine groups is 1. The van der Waals surface area contributed by atoms with Crippen LogP contribution in [0.2, 0.25) is 0 Å². The average molecular weight is 568 g/mol. The average Bonchev–Trinajstić information content (AvgIpc) is 3.68. The predicted octanol–water partition coefficient (Wildman–Crippen LogP) is 5.34. The first-order valence-corrected chi connectivity index (χ1v) is 15.1. The van der Waals surface area contributed by atoms with E-state index < -0.39 is 0 Å². The third-order valence-electron chi connectivity index (χ3n) is 8.94. The van der Waals surface area contributed by atoms with Gasteiger partial charge in [0.15, 0.2) is 0 Å². The maximum Gasteiger partial charge on any atom is 0.280 e. The van der Waals surface area contributed by atoms with Gasteiger partial charge in [-0.1, -0.05) is 0 Å². The van der Waals surface area contributed by atoms with Crippen molar-refractivity contribution in [3.8, 4) is 17.1 Å². The summed E-state index contributed by atoms with van der Waals surface area (Å²) < 4.78 is 7.99. The second kappa shape index (κ2) is 10.9. The Morgan fingerprint density at radius 2 is 1.86 bits per heavy atom. The van der Waals surface area contributed by atoms with Gasteiger partial charge in [-0.15, -0.1) is 0 Å². The third kappa shape index (κ3) is 5.37. The molecule has 7 rings (SSSR count). The summed E-state index contributed by atoms with van der Waals surface area (Å²) in [6.45, 7) is 3.25. The number of hydrogen-bond donors (Lipinski definition) is 2. The van der Waals surface area contributed by atoms with Crippen molar-refractivity contribution in [3.63, 3.8) is 0 Å². The monoisotopic (exact) mass is 567 g/mol. The number of carbonyl (C=O) groups excluding carboxylic acids is 2. The van der Waals surface area contributed by atoms with E-state index in [9.17, 15) is 9.59 Å². The largest absolute Gasteiger partial charge is 0.477 e. The van der Waals surface area contributed by atoms with Gasteiger partial charge >= 0.3 is 0 Å². The van der Waals surface area contributed by atoms with Crippen LogP contribution in [-0.2, 0) is 11.8 Å². The number of nitrogens with zero attached hydrogens (tertiary/aromatic N) is 5. The molecule has 0 saturated heterocycles. The zero-order chi connectivity index (χ0) is 28.8. The van der Waals surface area contributed by atoms with Crippen LogP contribution in [0.4, 0.5) is 17.1 Å². The van der Waals surface area contributed by atoms with Crippen LogP contribution < -0.4 is 20.3 Å². The highest BCUT2D eigenvalue weighted by molar-refractivity contribution is 6.19. The number of carbonyl (C=O) groups is 2. The number of benzene rings is 1. The second-order valence-corrected chi connectivity index (χ2v) is 12.1. The number of nitrogens with one attached hydrogen (secondary N) is 2. The van der Waals surface area contributed by atoms with E-state index in [1.54, 1.807) is 23.0 Å². The molecule has 2 aliphatic heterocycles. The molecule has 10 nitrogen and oxygen atoms in total. The normalized spacial score (nSPS) is 22.5. The van der Waals surface area contributed by atoms with Crippen LogP contribution in [-0.4, -0.2) is 51.6 Å². The number of hydrogen-bond acceptors (Lipinski definition) is 8. The molecule has 218 valence electrons. The molecule has 42 heavy (non-hydrogen) atoms. The van der Waals surface area contributed by atoms with Gasteiger partial charge in [0, 0.05) is 49.4 Å². The fourth-order valence-corrected chi connectivity index (χ4v) is 6.51. The van der Waals surface area contributed by atoms with Crippen LogP contribution in [0.3, 0.4) is 0 Å². The van der Waals surface area contributed by atoms with E-state index in [2.05, 4.69) is 43.8 Å². The summed E-state index contributed by atoms with van der Waals surface area (Å²) in [6, 6.07) is 10.2. The lowest BCUT2D eigenvalue weighted by molar-refractivity contribution is -0.120. The number of aryl methyl sites for hydroxylation is 2. The van der Waals surface area contributed by atoms with Gasteiger partial charge in [-0.25, -0.2) is 4.68 Å². The lowest BCUT2D eigenvalue weighted by atomic mass is 9.94. The van der Waals surface area contributed by atoms with Crippen molar-refractivity contribution in [2.24, 2.45) is 23.9 Å². The number of fused-ring (bicyclic) bond motifs is 7. The second-order valence-electron chi connectivity index (χ2n) is 12.1. The lowest BCUT2D eigenvalue weighted by Gasteiger charge is -2.26. The molecule has 2 aromatic heterocycles. The summed E-state index contributed by atoms with van der Waals surface area (Å²) in [4.78, 5) is 36.9. The highest BCUT2D eigenvalue weighted by atomic mass is 16.5. The maximum atomic E-state index is 13.7. The zero-order valence-electron chi connectivity index (χ0n) is 24.2. The molecule has 0 radical (unpaired) electrons. The highest BCUT2D eigenvalue weighted by Gasteiger charge is 2.36. The molecule has 2 saturated carbocycles. The van der Waals surface area contributed by atoms with E-state index in [1.807, 2.05) is 14.0 Å². The molecular formula is C32H37N7O3. The van der Waals surface area contributed by atoms with Crippen LogP contribution >= 0.6 is 0 Å². The zero-order valence-corrected chi connectivity index (χ0v) is 24.2. The molecule has 4 aliphatic rings. The van der Waals surface area contributed by atoms with Crippen molar-refractivity contribution in [1.29, 1.82) is 0 Å². The number of anilines is 3. The highest BCUT2D eigenvalue weighted by Crippen LogP contribution is 2.43. The van der Waals surface area contributed by atoms with Crippen molar-refractivity contribution in [3.05, 3.63) is 47.8 Å². The number of amides is 1. The molecule has 2 fully saturated rings. The minimum Gasteiger partial charge on any atom is -0.477 e. The Hall–Kier alpha value is -4.21. The first-order chi connectivity index (χ1) is 20.4. The number of rotatable bonds is 3. The van der Waals surface area contributed by atoms with Crippen LogP contribution in [0, 0.1) is 18.8 Å². The van der Waals surface area contributed by atoms with Crippen molar-refractivity contribution in [2.45, 2.75) is 64.3 Å². The van der Waals surface area contributed by atoms with Gasteiger partial charge < -0.3 is 20.3 Å².